The van der Waals surface area contributed by atoms with Gasteiger partial charge in [-0.05, 0) is 40.5 Å². The maximum atomic E-state index is 14.0. The number of benzene rings is 3. The molecule has 2 atom stereocenters. The molecule has 1 heterocycles. The van der Waals surface area contributed by atoms with Gasteiger partial charge < -0.3 is 9.53 Å². The van der Waals surface area contributed by atoms with Crippen molar-refractivity contribution in [1.82, 2.24) is 0 Å². The molecule has 1 saturated heterocycles. The highest BCUT2D eigenvalue weighted by atomic mass is 16.5. The van der Waals surface area contributed by atoms with Crippen LogP contribution in [0.3, 0.4) is 0 Å². The fraction of sp³-hybridized carbons (Fsp3) is 0.214. The van der Waals surface area contributed by atoms with E-state index in [9.17, 15) is 19.2 Å². The summed E-state index contributed by atoms with van der Waals surface area (Å²) in [6, 6.07) is 21.5. The molecule has 0 aromatic heterocycles. The van der Waals surface area contributed by atoms with Crippen molar-refractivity contribution in [3.05, 3.63) is 101 Å². The second kappa shape index (κ2) is 6.73. The van der Waals surface area contributed by atoms with Crippen molar-refractivity contribution >= 4 is 29.8 Å². The largest absolute Gasteiger partial charge is 0.465 e. The van der Waals surface area contributed by atoms with E-state index >= 15 is 0 Å². The zero-order chi connectivity index (χ0) is 23.8. The summed E-state index contributed by atoms with van der Waals surface area (Å²) in [6.07, 6.45) is 0.848. The van der Waals surface area contributed by atoms with E-state index in [2.05, 4.69) is 0 Å². The number of nitrogens with zero attached hydrogens (tertiary/aromatic N) is 1. The van der Waals surface area contributed by atoms with Crippen molar-refractivity contribution in [3.8, 4) is 0 Å². The lowest BCUT2D eigenvalue weighted by Gasteiger charge is -2.56. The Labute approximate surface area is 196 Å². The topological polar surface area (TPSA) is 80.8 Å². The van der Waals surface area contributed by atoms with E-state index in [1.165, 1.54) is 13.2 Å². The molecule has 4 aliphatic rings. The average molecular weight is 451 g/mol. The van der Waals surface area contributed by atoms with Gasteiger partial charge in [-0.3, -0.25) is 9.59 Å². The Hall–Kier alpha value is -4.06. The van der Waals surface area contributed by atoms with Gasteiger partial charge in [0.1, 0.15) is 6.29 Å². The molecule has 0 N–H and O–H groups in total. The molecule has 7 rings (SSSR count). The third-order valence-corrected chi connectivity index (χ3v) is 7.99. The van der Waals surface area contributed by atoms with Gasteiger partial charge in [0.05, 0.1) is 35.6 Å². The summed E-state index contributed by atoms with van der Waals surface area (Å²) in [4.78, 5) is 54.4. The number of carbonyl (C=O) groups excluding carboxylic acids is 4. The SMILES string of the molecule is COC(=O)c1cccc(N2C(=O)[C@@H]3[C@H](C2=O)C2(C)c4ccccc4C3(C=O)c3ccccc32)c1. The number of carbonyl (C=O) groups is 4. The molecule has 6 heteroatoms. The van der Waals surface area contributed by atoms with Crippen LogP contribution in [-0.4, -0.2) is 31.2 Å². The molecule has 2 bridgehead atoms. The summed E-state index contributed by atoms with van der Waals surface area (Å²) in [5, 5.41) is 0. The summed E-state index contributed by atoms with van der Waals surface area (Å²) in [6.45, 7) is 2.00. The standard InChI is InChI=1S/C28H21NO5/c1-27-18-10-3-5-12-20(18)28(15-30,21-13-6-4-11-19(21)27)23-22(27)24(31)29(25(23)32)17-9-7-8-16(14-17)26(33)34-2/h3-15,22-23H,1-2H3/t22-,23+,27?,28?/m1/s1. The lowest BCUT2D eigenvalue weighted by molar-refractivity contribution is -0.129. The molecule has 6 nitrogen and oxygen atoms in total. The Morgan fingerprint density at radius 1 is 0.853 bits per heavy atom. The number of rotatable bonds is 3. The second-order valence-electron chi connectivity index (χ2n) is 9.29. The molecule has 3 aliphatic carbocycles. The maximum Gasteiger partial charge on any atom is 0.337 e. The van der Waals surface area contributed by atoms with Gasteiger partial charge in [-0.25, -0.2) is 9.69 Å². The molecule has 168 valence electrons. The molecule has 0 saturated carbocycles. The van der Waals surface area contributed by atoms with Crippen LogP contribution in [-0.2, 0) is 30.0 Å². The number of imide groups is 1. The van der Waals surface area contributed by atoms with Crippen LogP contribution in [0.1, 0.15) is 39.5 Å². The summed E-state index contributed by atoms with van der Waals surface area (Å²) in [5.41, 5.74) is 1.83. The van der Waals surface area contributed by atoms with Gasteiger partial charge in [0.2, 0.25) is 11.8 Å². The van der Waals surface area contributed by atoms with Crippen LogP contribution in [0.5, 0.6) is 0 Å². The number of methoxy groups -OCH3 is 1. The molecule has 0 spiro atoms. The van der Waals surface area contributed by atoms with Crippen molar-refractivity contribution in [1.29, 1.82) is 0 Å². The van der Waals surface area contributed by atoms with Gasteiger partial charge in [0.15, 0.2) is 0 Å². The molecule has 1 fully saturated rings. The number of amides is 2. The summed E-state index contributed by atoms with van der Waals surface area (Å²) >= 11 is 0. The van der Waals surface area contributed by atoms with Crippen molar-refractivity contribution in [3.63, 3.8) is 0 Å². The molecule has 0 radical (unpaired) electrons. The minimum Gasteiger partial charge on any atom is -0.465 e. The van der Waals surface area contributed by atoms with Crippen molar-refractivity contribution in [2.75, 3.05) is 12.0 Å². The van der Waals surface area contributed by atoms with Crippen LogP contribution in [0.25, 0.3) is 0 Å². The normalized spacial score (nSPS) is 28.2. The lowest BCUT2D eigenvalue weighted by atomic mass is 9.42. The Bertz CT molecular complexity index is 1380. The van der Waals surface area contributed by atoms with Crippen LogP contribution < -0.4 is 4.90 Å². The number of anilines is 1. The zero-order valence-electron chi connectivity index (χ0n) is 18.6. The number of esters is 1. The van der Waals surface area contributed by atoms with Crippen LogP contribution >= 0.6 is 0 Å². The Balaban J connectivity index is 1.62. The van der Waals surface area contributed by atoms with E-state index in [-0.39, 0.29) is 11.5 Å². The van der Waals surface area contributed by atoms with E-state index in [1.807, 2.05) is 55.5 Å². The molecule has 34 heavy (non-hydrogen) atoms. The Morgan fingerprint density at radius 2 is 1.41 bits per heavy atom. The summed E-state index contributed by atoms with van der Waals surface area (Å²) in [7, 11) is 1.27. The van der Waals surface area contributed by atoms with Crippen LogP contribution in [0.15, 0.2) is 72.8 Å². The van der Waals surface area contributed by atoms with Gasteiger partial charge in [-0.2, -0.15) is 0 Å². The number of ether oxygens (including phenoxy) is 1. The zero-order valence-corrected chi connectivity index (χ0v) is 18.6. The minimum atomic E-state index is -1.27. The third kappa shape index (κ3) is 2.16. The summed E-state index contributed by atoms with van der Waals surface area (Å²) < 4.78 is 4.81. The first-order valence-electron chi connectivity index (χ1n) is 11.1. The van der Waals surface area contributed by atoms with Gasteiger partial charge in [-0.15, -0.1) is 0 Å². The van der Waals surface area contributed by atoms with E-state index in [1.54, 1.807) is 18.2 Å². The lowest BCUT2D eigenvalue weighted by Crippen LogP contribution is -2.61. The first-order chi connectivity index (χ1) is 16.4. The number of aldehydes is 1. The fourth-order valence-corrected chi connectivity index (χ4v) is 6.61. The fourth-order valence-electron chi connectivity index (χ4n) is 6.61. The predicted molar refractivity (Wildman–Crippen MR) is 123 cm³/mol. The van der Waals surface area contributed by atoms with Crippen LogP contribution in [0.4, 0.5) is 5.69 Å². The Morgan fingerprint density at radius 3 is 1.97 bits per heavy atom. The van der Waals surface area contributed by atoms with Gasteiger partial charge in [0.25, 0.3) is 0 Å². The number of hydrogen-bond acceptors (Lipinski definition) is 5. The smallest absolute Gasteiger partial charge is 0.337 e. The van der Waals surface area contributed by atoms with Crippen molar-refractivity contribution < 1.29 is 23.9 Å². The molecular weight excluding hydrogens is 430 g/mol. The first-order valence-corrected chi connectivity index (χ1v) is 11.1. The average Bonchev–Trinajstić information content (AvgIpc) is 3.16. The highest BCUT2D eigenvalue weighted by Crippen LogP contribution is 2.66. The molecular formula is C28H21NO5. The number of hydrogen-bond donors (Lipinski definition) is 0. The van der Waals surface area contributed by atoms with Gasteiger partial charge in [0, 0.05) is 5.41 Å². The maximum absolute atomic E-state index is 14.0. The molecule has 1 aliphatic heterocycles. The first kappa shape index (κ1) is 20.5. The molecule has 0 unspecified atom stereocenters. The van der Waals surface area contributed by atoms with E-state index in [0.29, 0.717) is 5.69 Å². The van der Waals surface area contributed by atoms with E-state index in [4.69, 9.17) is 4.74 Å². The molecule has 3 aromatic rings. The highest BCUT2D eigenvalue weighted by molar-refractivity contribution is 6.25. The monoisotopic (exact) mass is 451 g/mol. The predicted octanol–water partition coefficient (Wildman–Crippen LogP) is 3.40. The highest BCUT2D eigenvalue weighted by Gasteiger charge is 2.72. The third-order valence-electron chi connectivity index (χ3n) is 7.99. The van der Waals surface area contributed by atoms with Gasteiger partial charge in [-0.1, -0.05) is 61.5 Å². The van der Waals surface area contributed by atoms with Crippen LogP contribution in [0, 0.1) is 11.8 Å². The molecule has 3 aromatic carbocycles. The minimum absolute atomic E-state index is 0.237. The quantitative estimate of drug-likeness (QED) is 0.346. The van der Waals surface area contributed by atoms with Crippen molar-refractivity contribution in [2.45, 2.75) is 17.8 Å². The second-order valence-corrected chi connectivity index (χ2v) is 9.29. The Kier molecular flexibility index (Phi) is 4.07. The van der Waals surface area contributed by atoms with Crippen molar-refractivity contribution in [2.24, 2.45) is 11.8 Å². The van der Waals surface area contributed by atoms with Crippen LogP contribution in [0.2, 0.25) is 0 Å². The van der Waals surface area contributed by atoms with E-state index < -0.39 is 34.5 Å². The van der Waals surface area contributed by atoms with E-state index in [0.717, 1.165) is 33.4 Å². The molecule has 2 amide bonds. The van der Waals surface area contributed by atoms with Gasteiger partial charge >= 0.3 is 5.97 Å². The summed E-state index contributed by atoms with van der Waals surface area (Å²) in [5.74, 6) is -2.99.